The molecule has 1 aliphatic carbocycles. The molecule has 0 bridgehead atoms. The standard InChI is InChI=1S/C23H32N4O5S/c1-13-6-8-17-16(10-13)19-18(32-23(17,2)3)9-7-15(20(19)28)22(29)24-11-14-12-25-27(4)21(14)26-33(5,30)31/h7,9,12-13,16-17,26,28H,6,8,10-11H2,1-5H3,(H,24,29)/t13-,16-,17-/m1/s1. The van der Waals surface area contributed by atoms with Crippen molar-refractivity contribution in [1.29, 1.82) is 0 Å². The highest BCUT2D eigenvalue weighted by Gasteiger charge is 2.47. The van der Waals surface area contributed by atoms with Crippen LogP contribution in [0.15, 0.2) is 18.3 Å². The Morgan fingerprint density at radius 1 is 1.33 bits per heavy atom. The Balaban J connectivity index is 1.59. The molecule has 1 aromatic carbocycles. The number of carbonyl (C=O) groups is 1. The van der Waals surface area contributed by atoms with Crippen molar-refractivity contribution in [2.45, 2.75) is 58.1 Å². The van der Waals surface area contributed by atoms with E-state index in [0.29, 0.717) is 17.2 Å². The Hall–Kier alpha value is -2.75. The van der Waals surface area contributed by atoms with Crippen molar-refractivity contribution in [3.05, 3.63) is 35.0 Å². The first-order valence-electron chi connectivity index (χ1n) is 11.2. The zero-order chi connectivity index (χ0) is 24.1. The number of anilines is 1. The Morgan fingerprint density at radius 3 is 2.76 bits per heavy atom. The van der Waals surface area contributed by atoms with Crippen LogP contribution in [0.5, 0.6) is 11.5 Å². The van der Waals surface area contributed by atoms with Crippen molar-refractivity contribution in [2.75, 3.05) is 11.0 Å². The summed E-state index contributed by atoms with van der Waals surface area (Å²) in [5.74, 6) is 1.36. The van der Waals surface area contributed by atoms with Crippen LogP contribution in [0.2, 0.25) is 0 Å². The van der Waals surface area contributed by atoms with E-state index in [2.05, 4.69) is 35.9 Å². The zero-order valence-corrected chi connectivity index (χ0v) is 20.5. The fraction of sp³-hybridized carbons (Fsp3) is 0.565. The first-order valence-corrected chi connectivity index (χ1v) is 13.1. The third-order valence-corrected chi connectivity index (χ3v) is 7.47. The number of nitrogens with zero attached hydrogens (tertiary/aromatic N) is 2. The summed E-state index contributed by atoms with van der Waals surface area (Å²) in [4.78, 5) is 13.0. The first kappa shape index (κ1) is 23.4. The van der Waals surface area contributed by atoms with Gasteiger partial charge in [0.25, 0.3) is 5.91 Å². The Morgan fingerprint density at radius 2 is 2.06 bits per heavy atom. The van der Waals surface area contributed by atoms with Crippen molar-refractivity contribution in [3.63, 3.8) is 0 Å². The fourth-order valence-electron chi connectivity index (χ4n) is 5.30. The highest BCUT2D eigenvalue weighted by molar-refractivity contribution is 7.92. The number of amides is 1. The van der Waals surface area contributed by atoms with E-state index in [0.717, 1.165) is 31.1 Å². The van der Waals surface area contributed by atoms with E-state index in [4.69, 9.17) is 4.74 Å². The number of hydrogen-bond donors (Lipinski definition) is 3. The monoisotopic (exact) mass is 476 g/mol. The lowest BCUT2D eigenvalue weighted by atomic mass is 9.64. The minimum atomic E-state index is -3.50. The summed E-state index contributed by atoms with van der Waals surface area (Å²) in [5.41, 5.74) is 1.08. The molecular formula is C23H32N4O5S. The van der Waals surface area contributed by atoms with Crippen LogP contribution in [0.1, 0.15) is 67.4 Å². The molecule has 9 nitrogen and oxygen atoms in total. The largest absolute Gasteiger partial charge is 0.507 e. The van der Waals surface area contributed by atoms with E-state index in [9.17, 15) is 18.3 Å². The minimum absolute atomic E-state index is 0.0368. The summed E-state index contributed by atoms with van der Waals surface area (Å²) in [7, 11) is -1.89. The van der Waals surface area contributed by atoms with Crippen molar-refractivity contribution < 1.29 is 23.1 Å². The third-order valence-electron chi connectivity index (χ3n) is 6.91. The van der Waals surface area contributed by atoms with Crippen LogP contribution in [0.4, 0.5) is 5.82 Å². The van der Waals surface area contributed by atoms with Crippen LogP contribution < -0.4 is 14.8 Å². The predicted molar refractivity (Wildman–Crippen MR) is 125 cm³/mol. The van der Waals surface area contributed by atoms with Crippen LogP contribution in [-0.2, 0) is 23.6 Å². The number of aromatic nitrogens is 2. The average Bonchev–Trinajstić information content (AvgIpc) is 3.03. The van der Waals surface area contributed by atoms with Gasteiger partial charge in [-0.25, -0.2) is 8.42 Å². The van der Waals surface area contributed by atoms with Crippen LogP contribution >= 0.6 is 0 Å². The molecule has 0 spiro atoms. The molecule has 0 radical (unpaired) electrons. The van der Waals surface area contributed by atoms with Gasteiger partial charge in [-0.1, -0.05) is 13.3 Å². The molecule has 2 heterocycles. The number of benzene rings is 1. The summed E-state index contributed by atoms with van der Waals surface area (Å²) in [6, 6.07) is 3.34. The number of aromatic hydroxyl groups is 1. The highest BCUT2D eigenvalue weighted by Crippen LogP contribution is 2.55. The summed E-state index contributed by atoms with van der Waals surface area (Å²) >= 11 is 0. The van der Waals surface area contributed by atoms with Gasteiger partial charge in [-0.05, 0) is 50.7 Å². The second kappa shape index (κ2) is 8.23. The normalized spacial score (nSPS) is 23.7. The zero-order valence-electron chi connectivity index (χ0n) is 19.7. The molecule has 4 rings (SSSR count). The molecule has 1 saturated carbocycles. The molecule has 3 atom stereocenters. The lowest BCUT2D eigenvalue weighted by molar-refractivity contribution is -0.0145. The molecule has 180 valence electrons. The van der Waals surface area contributed by atoms with Gasteiger partial charge in [-0.2, -0.15) is 5.10 Å². The van der Waals surface area contributed by atoms with Crippen LogP contribution in [0.25, 0.3) is 0 Å². The number of rotatable bonds is 5. The molecule has 3 N–H and O–H groups in total. The second-order valence-electron chi connectivity index (χ2n) is 9.91. The van der Waals surface area contributed by atoms with Gasteiger partial charge in [-0.3, -0.25) is 14.2 Å². The summed E-state index contributed by atoms with van der Waals surface area (Å²) < 4.78 is 33.4. The lowest BCUT2D eigenvalue weighted by Crippen LogP contribution is -2.46. The van der Waals surface area contributed by atoms with Gasteiger partial charge in [0.05, 0.1) is 18.0 Å². The number of aryl methyl sites for hydroxylation is 1. The molecule has 33 heavy (non-hydrogen) atoms. The number of nitrogens with one attached hydrogen (secondary N) is 2. The van der Waals surface area contributed by atoms with E-state index in [1.165, 1.54) is 10.9 Å². The SMILES string of the molecule is C[C@@H]1CC[C@@H]2[C@@H](C1)c1c(ccc(C(=O)NCc3cnn(C)c3NS(C)(=O)=O)c1O)OC2(C)C. The smallest absolute Gasteiger partial charge is 0.255 e. The molecule has 1 amide bonds. The number of phenols is 1. The molecule has 1 aliphatic heterocycles. The summed E-state index contributed by atoms with van der Waals surface area (Å²) in [5, 5.41) is 18.0. The Kier molecular flexibility index (Phi) is 5.84. The summed E-state index contributed by atoms with van der Waals surface area (Å²) in [6.07, 6.45) is 5.63. The van der Waals surface area contributed by atoms with E-state index in [1.54, 1.807) is 19.2 Å². The molecule has 1 aromatic heterocycles. The number of phenolic OH excluding ortho intramolecular Hbond substituents is 1. The van der Waals surface area contributed by atoms with Crippen LogP contribution in [-0.4, -0.2) is 41.1 Å². The quantitative estimate of drug-likeness (QED) is 0.609. The molecule has 0 unspecified atom stereocenters. The number of fused-ring (bicyclic) bond motifs is 3. The number of hydrogen-bond acceptors (Lipinski definition) is 6. The fourth-order valence-corrected chi connectivity index (χ4v) is 5.92. The van der Waals surface area contributed by atoms with Crippen molar-refractivity contribution >= 4 is 21.7 Å². The van der Waals surface area contributed by atoms with E-state index in [-0.39, 0.29) is 41.1 Å². The molecule has 10 heteroatoms. The van der Waals surface area contributed by atoms with Gasteiger partial charge >= 0.3 is 0 Å². The van der Waals surface area contributed by atoms with Crippen LogP contribution in [0.3, 0.4) is 0 Å². The lowest BCUT2D eigenvalue weighted by Gasteiger charge is -2.48. The Labute approximate surface area is 194 Å². The van der Waals surface area contributed by atoms with Gasteiger partial charge in [0, 0.05) is 30.6 Å². The Bertz CT molecular complexity index is 1190. The predicted octanol–water partition coefficient (Wildman–Crippen LogP) is 3.12. The van der Waals surface area contributed by atoms with Crippen molar-refractivity contribution in [1.82, 2.24) is 15.1 Å². The molecule has 1 fully saturated rings. The number of carbonyl (C=O) groups excluding carboxylic acids is 1. The highest BCUT2D eigenvalue weighted by atomic mass is 32.2. The van der Waals surface area contributed by atoms with Gasteiger partial charge < -0.3 is 15.2 Å². The second-order valence-corrected chi connectivity index (χ2v) is 11.7. The summed E-state index contributed by atoms with van der Waals surface area (Å²) in [6.45, 7) is 6.46. The molecule has 0 saturated heterocycles. The molecule has 2 aromatic rings. The topological polar surface area (TPSA) is 123 Å². The van der Waals surface area contributed by atoms with E-state index in [1.807, 2.05) is 0 Å². The van der Waals surface area contributed by atoms with Gasteiger partial charge in [-0.15, -0.1) is 0 Å². The van der Waals surface area contributed by atoms with Crippen molar-refractivity contribution in [2.24, 2.45) is 18.9 Å². The van der Waals surface area contributed by atoms with Crippen LogP contribution in [0, 0.1) is 11.8 Å². The van der Waals surface area contributed by atoms with Crippen molar-refractivity contribution in [3.8, 4) is 11.5 Å². The van der Waals surface area contributed by atoms with Gasteiger partial charge in [0.2, 0.25) is 10.0 Å². The minimum Gasteiger partial charge on any atom is -0.507 e. The average molecular weight is 477 g/mol. The number of sulfonamides is 1. The number of ether oxygens (including phenoxy) is 1. The molecule has 2 aliphatic rings. The maximum Gasteiger partial charge on any atom is 0.255 e. The van der Waals surface area contributed by atoms with E-state index >= 15 is 0 Å². The van der Waals surface area contributed by atoms with E-state index < -0.39 is 15.9 Å². The van der Waals surface area contributed by atoms with Gasteiger partial charge in [0.15, 0.2) is 0 Å². The maximum absolute atomic E-state index is 13.0. The third kappa shape index (κ3) is 4.53. The maximum atomic E-state index is 13.0. The van der Waals surface area contributed by atoms with Gasteiger partial charge in [0.1, 0.15) is 22.9 Å². The first-order chi connectivity index (χ1) is 15.4. The molecular weight excluding hydrogens is 444 g/mol.